The zero-order valence-corrected chi connectivity index (χ0v) is 16.1. The first kappa shape index (κ1) is 18.7. The van der Waals surface area contributed by atoms with Gasteiger partial charge in [0.25, 0.3) is 0 Å². The Balaban J connectivity index is 1.26. The van der Waals surface area contributed by atoms with Gasteiger partial charge in [-0.2, -0.15) is 0 Å². The summed E-state index contributed by atoms with van der Waals surface area (Å²) in [4.78, 5) is 2.18. The van der Waals surface area contributed by atoms with Gasteiger partial charge in [0.2, 0.25) is 0 Å². The van der Waals surface area contributed by atoms with Gasteiger partial charge in [-0.1, -0.05) is 66.7 Å². The molecule has 1 aliphatic heterocycles. The predicted octanol–water partition coefficient (Wildman–Crippen LogP) is 4.57. The molecule has 4 rings (SSSR count). The molecule has 0 saturated heterocycles. The number of aliphatic hydroxyl groups is 1. The van der Waals surface area contributed by atoms with Crippen LogP contribution in [-0.4, -0.2) is 22.8 Å². The van der Waals surface area contributed by atoms with E-state index in [0.717, 1.165) is 43.7 Å². The van der Waals surface area contributed by atoms with Crippen molar-refractivity contribution in [2.45, 2.75) is 38.6 Å². The molecule has 1 aliphatic rings. The number of rotatable bonds is 7. The van der Waals surface area contributed by atoms with Gasteiger partial charge in [-0.3, -0.25) is 4.90 Å². The van der Waals surface area contributed by atoms with Gasteiger partial charge < -0.3 is 9.84 Å². The monoisotopic (exact) mass is 373 g/mol. The number of ether oxygens (including phenoxy) is 1. The highest BCUT2D eigenvalue weighted by Crippen LogP contribution is 2.22. The summed E-state index contributed by atoms with van der Waals surface area (Å²) in [5.41, 5.74) is 5.14. The van der Waals surface area contributed by atoms with Gasteiger partial charge in [-0.25, -0.2) is 0 Å². The molecule has 0 amide bonds. The number of hydrogen-bond donors (Lipinski definition) is 1. The van der Waals surface area contributed by atoms with E-state index >= 15 is 0 Å². The first-order valence-corrected chi connectivity index (χ1v) is 10.0. The van der Waals surface area contributed by atoms with Crippen LogP contribution in [0.3, 0.4) is 0 Å². The molecule has 3 nitrogen and oxygen atoms in total. The topological polar surface area (TPSA) is 32.7 Å². The molecule has 3 aromatic carbocycles. The zero-order chi connectivity index (χ0) is 19.2. The van der Waals surface area contributed by atoms with E-state index in [-0.39, 0.29) is 0 Å². The van der Waals surface area contributed by atoms with Crippen LogP contribution in [0.5, 0.6) is 5.75 Å². The number of aryl methyl sites for hydroxylation is 1. The van der Waals surface area contributed by atoms with Crippen molar-refractivity contribution in [1.82, 2.24) is 4.90 Å². The molecule has 28 heavy (non-hydrogen) atoms. The second-order valence-corrected chi connectivity index (χ2v) is 7.43. The molecule has 0 spiro atoms. The lowest BCUT2D eigenvalue weighted by Gasteiger charge is -2.32. The Kier molecular flexibility index (Phi) is 6.05. The lowest BCUT2D eigenvalue weighted by atomic mass is 9.99. The maximum Gasteiger partial charge on any atom is 0.119 e. The maximum absolute atomic E-state index is 10.6. The minimum absolute atomic E-state index is 0.401. The van der Waals surface area contributed by atoms with Crippen molar-refractivity contribution in [2.75, 3.05) is 6.54 Å². The molecule has 0 aromatic heterocycles. The van der Waals surface area contributed by atoms with Crippen molar-refractivity contribution in [3.05, 3.63) is 101 Å². The van der Waals surface area contributed by atoms with Crippen molar-refractivity contribution in [2.24, 2.45) is 0 Å². The Morgan fingerprint density at radius 2 is 1.54 bits per heavy atom. The summed E-state index contributed by atoms with van der Waals surface area (Å²) >= 11 is 0. The SMILES string of the molecule is OC(CCc1ccc(OCc2ccccc2)cc1)N1CCc2ccccc2C1. The van der Waals surface area contributed by atoms with Gasteiger partial charge in [-0.15, -0.1) is 0 Å². The fourth-order valence-corrected chi connectivity index (χ4v) is 3.74. The number of benzene rings is 3. The molecule has 0 aliphatic carbocycles. The van der Waals surface area contributed by atoms with Crippen LogP contribution in [0, 0.1) is 0 Å². The molecule has 3 aromatic rings. The summed E-state index contributed by atoms with van der Waals surface area (Å²) in [5.74, 6) is 0.876. The molecular weight excluding hydrogens is 346 g/mol. The Bertz CT molecular complexity index is 877. The zero-order valence-electron chi connectivity index (χ0n) is 16.1. The fraction of sp³-hybridized carbons (Fsp3) is 0.280. The molecule has 3 heteroatoms. The van der Waals surface area contributed by atoms with E-state index in [9.17, 15) is 5.11 Å². The molecule has 1 unspecified atom stereocenters. The van der Waals surface area contributed by atoms with Crippen molar-refractivity contribution in [3.63, 3.8) is 0 Å². The molecule has 0 bridgehead atoms. The number of nitrogens with zero attached hydrogens (tertiary/aromatic N) is 1. The Morgan fingerprint density at radius 3 is 2.32 bits per heavy atom. The Hall–Kier alpha value is -2.62. The van der Waals surface area contributed by atoms with E-state index in [4.69, 9.17) is 4.74 Å². The minimum atomic E-state index is -0.401. The van der Waals surface area contributed by atoms with Gasteiger partial charge >= 0.3 is 0 Å². The molecule has 1 atom stereocenters. The smallest absolute Gasteiger partial charge is 0.119 e. The largest absolute Gasteiger partial charge is 0.489 e. The van der Waals surface area contributed by atoms with Crippen LogP contribution in [0.4, 0.5) is 0 Å². The third-order valence-electron chi connectivity index (χ3n) is 5.44. The Labute approximate surface area is 167 Å². The second kappa shape index (κ2) is 9.05. The maximum atomic E-state index is 10.6. The highest BCUT2D eigenvalue weighted by Gasteiger charge is 2.21. The average molecular weight is 373 g/mol. The van der Waals surface area contributed by atoms with E-state index in [0.29, 0.717) is 6.61 Å². The highest BCUT2D eigenvalue weighted by molar-refractivity contribution is 5.30. The van der Waals surface area contributed by atoms with Crippen LogP contribution in [-0.2, 0) is 26.0 Å². The Morgan fingerprint density at radius 1 is 0.821 bits per heavy atom. The standard InChI is InChI=1S/C25H27NO2/c27-25(26-17-16-22-8-4-5-9-23(22)18-26)15-12-20-10-13-24(14-11-20)28-19-21-6-2-1-3-7-21/h1-11,13-14,25,27H,12,15-19H2. The van der Waals surface area contributed by atoms with E-state index in [1.807, 2.05) is 30.3 Å². The highest BCUT2D eigenvalue weighted by atomic mass is 16.5. The molecule has 0 radical (unpaired) electrons. The van der Waals surface area contributed by atoms with E-state index in [1.165, 1.54) is 16.7 Å². The molecule has 0 saturated carbocycles. The predicted molar refractivity (Wildman–Crippen MR) is 112 cm³/mol. The average Bonchev–Trinajstić information content (AvgIpc) is 2.77. The number of aliphatic hydroxyl groups excluding tert-OH is 1. The number of fused-ring (bicyclic) bond motifs is 1. The molecule has 144 valence electrons. The van der Waals surface area contributed by atoms with Crippen molar-refractivity contribution in [1.29, 1.82) is 0 Å². The van der Waals surface area contributed by atoms with Crippen LogP contribution in [0.1, 0.15) is 28.7 Å². The van der Waals surface area contributed by atoms with Crippen molar-refractivity contribution >= 4 is 0 Å². The lowest BCUT2D eigenvalue weighted by molar-refractivity contribution is -0.0111. The van der Waals surface area contributed by atoms with E-state index < -0.39 is 6.23 Å². The van der Waals surface area contributed by atoms with Crippen LogP contribution >= 0.6 is 0 Å². The molecule has 0 fully saturated rings. The summed E-state index contributed by atoms with van der Waals surface area (Å²) in [5, 5.41) is 10.6. The summed E-state index contributed by atoms with van der Waals surface area (Å²) in [6.45, 7) is 2.34. The summed E-state index contributed by atoms with van der Waals surface area (Å²) < 4.78 is 5.84. The third kappa shape index (κ3) is 4.80. The molecular formula is C25H27NO2. The van der Waals surface area contributed by atoms with E-state index in [1.54, 1.807) is 0 Å². The van der Waals surface area contributed by atoms with Gasteiger partial charge in [0.1, 0.15) is 18.6 Å². The first-order chi connectivity index (χ1) is 13.8. The minimum Gasteiger partial charge on any atom is -0.489 e. The van der Waals surface area contributed by atoms with Gasteiger partial charge in [0.15, 0.2) is 0 Å². The normalized spacial score (nSPS) is 15.0. The fourth-order valence-electron chi connectivity index (χ4n) is 3.74. The molecule has 1 N–H and O–H groups in total. The third-order valence-corrected chi connectivity index (χ3v) is 5.44. The van der Waals surface area contributed by atoms with Gasteiger partial charge in [0, 0.05) is 13.1 Å². The summed E-state index contributed by atoms with van der Waals surface area (Å²) in [6, 6.07) is 26.9. The van der Waals surface area contributed by atoms with E-state index in [2.05, 4.69) is 53.4 Å². The first-order valence-electron chi connectivity index (χ1n) is 10.0. The molecule has 1 heterocycles. The van der Waals surface area contributed by atoms with Crippen molar-refractivity contribution < 1.29 is 9.84 Å². The summed E-state index contributed by atoms with van der Waals surface area (Å²) in [6.07, 6.45) is 2.22. The second-order valence-electron chi connectivity index (χ2n) is 7.43. The van der Waals surface area contributed by atoms with Gasteiger partial charge in [0.05, 0.1) is 0 Å². The van der Waals surface area contributed by atoms with Crippen LogP contribution < -0.4 is 4.74 Å². The lowest BCUT2D eigenvalue weighted by Crippen LogP contribution is -2.39. The number of hydrogen-bond acceptors (Lipinski definition) is 3. The quantitative estimate of drug-likeness (QED) is 0.658. The van der Waals surface area contributed by atoms with Crippen molar-refractivity contribution in [3.8, 4) is 5.75 Å². The van der Waals surface area contributed by atoms with Gasteiger partial charge in [-0.05, 0) is 53.6 Å². The van der Waals surface area contributed by atoms with Crippen LogP contribution in [0.2, 0.25) is 0 Å². The van der Waals surface area contributed by atoms with Crippen LogP contribution in [0.15, 0.2) is 78.9 Å². The van der Waals surface area contributed by atoms with Crippen LogP contribution in [0.25, 0.3) is 0 Å². The summed E-state index contributed by atoms with van der Waals surface area (Å²) in [7, 11) is 0.